The Bertz CT molecular complexity index is 2190. The van der Waals surface area contributed by atoms with Gasteiger partial charge in [0.1, 0.15) is 28.8 Å². The monoisotopic (exact) mass is 617 g/mol. The number of ether oxygens (including phenoxy) is 1. The third kappa shape index (κ3) is 5.11. The van der Waals surface area contributed by atoms with E-state index in [2.05, 4.69) is 20.3 Å². The van der Waals surface area contributed by atoms with Gasteiger partial charge in [-0.2, -0.15) is 4.98 Å². The van der Waals surface area contributed by atoms with Crippen LogP contribution in [0.15, 0.2) is 71.1 Å². The number of hydrogen-bond acceptors (Lipinski definition) is 7. The first-order valence-electron chi connectivity index (χ1n) is 13.2. The number of imidazole rings is 1. The molecule has 3 heterocycles. The maximum Gasteiger partial charge on any atom is 0.255 e. The Morgan fingerprint density at radius 2 is 1.68 bits per heavy atom. The van der Waals surface area contributed by atoms with Crippen LogP contribution in [0.1, 0.15) is 10.4 Å². The normalized spacial score (nSPS) is 11.7. The number of anilines is 1. The summed E-state index contributed by atoms with van der Waals surface area (Å²) in [5, 5.41) is 2.94. The second-order valence-corrected chi connectivity index (χ2v) is 12.0. The number of fused-ring (bicyclic) bond motifs is 2. The predicted molar refractivity (Wildman–Crippen MR) is 163 cm³/mol. The quantitative estimate of drug-likeness (QED) is 0.233. The van der Waals surface area contributed by atoms with Gasteiger partial charge in [-0.3, -0.25) is 9.10 Å². The average Bonchev–Trinajstić information content (AvgIpc) is 3.60. The highest BCUT2D eigenvalue weighted by atomic mass is 32.2. The van der Waals surface area contributed by atoms with Crippen molar-refractivity contribution in [2.75, 3.05) is 31.8 Å². The number of pyridine rings is 1. The van der Waals surface area contributed by atoms with Gasteiger partial charge in [0, 0.05) is 48.3 Å². The first-order chi connectivity index (χ1) is 21.0. The van der Waals surface area contributed by atoms with E-state index in [0.717, 1.165) is 10.6 Å². The molecular formula is C31H25F2N5O5S. The van der Waals surface area contributed by atoms with E-state index in [4.69, 9.17) is 9.15 Å². The highest BCUT2D eigenvalue weighted by Gasteiger charge is 2.26. The summed E-state index contributed by atoms with van der Waals surface area (Å²) in [6.45, 7) is 0. The lowest BCUT2D eigenvalue weighted by atomic mass is 9.97. The second kappa shape index (κ2) is 10.8. The fraction of sp³-hybridized carbons (Fsp3) is 0.129. The number of carbonyl (C=O) groups is 1. The molecule has 0 aliphatic heterocycles. The summed E-state index contributed by atoms with van der Waals surface area (Å²) in [6, 6.07) is 16.1. The molecule has 0 saturated heterocycles. The zero-order valence-electron chi connectivity index (χ0n) is 23.9. The SMILES string of the molecule is CNC(=O)c1c(-c2ccc(F)cc2)oc2cc(N(C)S(C)(=O)=O)c(-c3cc(F)cc(-c4nc5nc(OC)ccc5[nH]4)c3)cc12. The number of carbonyl (C=O) groups excluding carboxylic acids is 1. The van der Waals surface area contributed by atoms with Crippen molar-refractivity contribution in [3.63, 3.8) is 0 Å². The van der Waals surface area contributed by atoms with E-state index < -0.39 is 27.6 Å². The molecule has 44 heavy (non-hydrogen) atoms. The number of furan rings is 1. The van der Waals surface area contributed by atoms with E-state index in [1.165, 1.54) is 63.7 Å². The smallest absolute Gasteiger partial charge is 0.255 e. The molecule has 6 aromatic rings. The standard InChI is InChI=1S/C31H25F2N5O5S/c1-34-31(39)27-22-14-21(17-11-18(13-20(33)12-17)29-35-23-9-10-26(42-3)36-30(23)37-29)24(38(2)44(4,40)41)15-25(22)43-28(27)16-5-7-19(32)8-6-16/h5-15H,1-4H3,(H,34,39)(H,35,36,37). The number of H-pyrrole nitrogens is 1. The van der Waals surface area contributed by atoms with Crippen LogP contribution in [0.3, 0.4) is 0 Å². The predicted octanol–water partition coefficient (Wildman–Crippen LogP) is 5.75. The van der Waals surface area contributed by atoms with Crippen LogP contribution in [-0.4, -0.2) is 56.7 Å². The third-order valence-corrected chi connectivity index (χ3v) is 8.41. The van der Waals surface area contributed by atoms with Crippen LogP contribution < -0.4 is 14.4 Å². The molecule has 0 unspecified atom stereocenters. The van der Waals surface area contributed by atoms with Gasteiger partial charge < -0.3 is 19.5 Å². The summed E-state index contributed by atoms with van der Waals surface area (Å²) in [5.41, 5.74) is 2.92. The zero-order valence-corrected chi connectivity index (χ0v) is 24.7. The van der Waals surface area contributed by atoms with Gasteiger partial charge in [0.15, 0.2) is 5.65 Å². The number of aromatic nitrogens is 3. The van der Waals surface area contributed by atoms with Gasteiger partial charge in [0.25, 0.3) is 5.91 Å². The van der Waals surface area contributed by atoms with Crippen molar-refractivity contribution in [3.05, 3.63) is 83.9 Å². The van der Waals surface area contributed by atoms with Crippen LogP contribution in [0.2, 0.25) is 0 Å². The van der Waals surface area contributed by atoms with Crippen LogP contribution in [0.5, 0.6) is 5.88 Å². The van der Waals surface area contributed by atoms with Crippen LogP contribution in [0.25, 0.3) is 56.0 Å². The number of amides is 1. The van der Waals surface area contributed by atoms with Gasteiger partial charge in [-0.25, -0.2) is 22.2 Å². The van der Waals surface area contributed by atoms with Crippen molar-refractivity contribution in [3.8, 4) is 39.7 Å². The minimum atomic E-state index is -3.79. The molecule has 10 nitrogen and oxygen atoms in total. The Hall–Kier alpha value is -5.30. The number of rotatable bonds is 7. The number of nitrogens with zero attached hydrogens (tertiary/aromatic N) is 3. The molecule has 0 aliphatic rings. The number of halogens is 2. The molecule has 0 radical (unpaired) electrons. The van der Waals surface area contributed by atoms with Gasteiger partial charge in [-0.15, -0.1) is 0 Å². The lowest BCUT2D eigenvalue weighted by Gasteiger charge is -2.21. The van der Waals surface area contributed by atoms with E-state index in [0.29, 0.717) is 50.5 Å². The van der Waals surface area contributed by atoms with E-state index in [1.54, 1.807) is 24.3 Å². The van der Waals surface area contributed by atoms with Crippen LogP contribution in [0.4, 0.5) is 14.5 Å². The van der Waals surface area contributed by atoms with E-state index in [-0.39, 0.29) is 22.6 Å². The number of nitrogens with one attached hydrogen (secondary N) is 2. The first kappa shape index (κ1) is 28.8. The van der Waals surface area contributed by atoms with Crippen molar-refractivity contribution in [2.45, 2.75) is 0 Å². The molecule has 0 aliphatic carbocycles. The molecule has 0 saturated carbocycles. The van der Waals surface area contributed by atoms with Gasteiger partial charge in [-0.05, 0) is 60.2 Å². The van der Waals surface area contributed by atoms with E-state index in [1.807, 2.05) is 0 Å². The van der Waals surface area contributed by atoms with Gasteiger partial charge >= 0.3 is 0 Å². The lowest BCUT2D eigenvalue weighted by molar-refractivity contribution is 0.0964. The Morgan fingerprint density at radius 1 is 0.955 bits per heavy atom. The van der Waals surface area contributed by atoms with Crippen molar-refractivity contribution in [2.24, 2.45) is 0 Å². The van der Waals surface area contributed by atoms with E-state index >= 15 is 4.39 Å². The maximum atomic E-state index is 15.3. The van der Waals surface area contributed by atoms with Crippen molar-refractivity contribution in [1.82, 2.24) is 20.3 Å². The third-order valence-electron chi connectivity index (χ3n) is 7.22. The summed E-state index contributed by atoms with van der Waals surface area (Å²) in [4.78, 5) is 25.1. The van der Waals surface area contributed by atoms with Crippen LogP contribution >= 0.6 is 0 Å². The van der Waals surface area contributed by atoms with Crippen molar-refractivity contribution < 1.29 is 31.1 Å². The zero-order chi connectivity index (χ0) is 31.3. The highest BCUT2D eigenvalue weighted by Crippen LogP contribution is 2.42. The highest BCUT2D eigenvalue weighted by molar-refractivity contribution is 7.92. The van der Waals surface area contributed by atoms with Crippen molar-refractivity contribution in [1.29, 1.82) is 0 Å². The number of benzene rings is 3. The Morgan fingerprint density at radius 3 is 2.36 bits per heavy atom. The van der Waals surface area contributed by atoms with Gasteiger partial charge in [0.2, 0.25) is 15.9 Å². The minimum Gasteiger partial charge on any atom is -0.481 e. The first-order valence-corrected chi connectivity index (χ1v) is 15.1. The molecule has 3 aromatic heterocycles. The van der Waals surface area contributed by atoms with E-state index in [9.17, 15) is 17.6 Å². The average molecular weight is 618 g/mol. The molecule has 0 atom stereocenters. The number of hydrogen-bond donors (Lipinski definition) is 2. The second-order valence-electron chi connectivity index (χ2n) is 10.0. The van der Waals surface area contributed by atoms with Crippen LogP contribution in [-0.2, 0) is 10.0 Å². The number of aromatic amines is 1. The Labute approximate surface area is 250 Å². The molecule has 0 fully saturated rings. The molecule has 0 bridgehead atoms. The molecule has 13 heteroatoms. The van der Waals surface area contributed by atoms with Gasteiger partial charge in [0.05, 0.1) is 30.1 Å². The molecule has 6 rings (SSSR count). The van der Waals surface area contributed by atoms with Gasteiger partial charge in [-0.1, -0.05) is 0 Å². The topological polar surface area (TPSA) is 130 Å². The number of sulfonamides is 1. The molecule has 224 valence electrons. The summed E-state index contributed by atoms with van der Waals surface area (Å²) in [6.07, 6.45) is 1.04. The molecule has 3 aromatic carbocycles. The summed E-state index contributed by atoms with van der Waals surface area (Å²) >= 11 is 0. The van der Waals surface area contributed by atoms with Crippen LogP contribution in [0, 0.1) is 11.6 Å². The molecule has 2 N–H and O–H groups in total. The molecular weight excluding hydrogens is 592 g/mol. The summed E-state index contributed by atoms with van der Waals surface area (Å²) < 4.78 is 66.7. The Kier molecular flexibility index (Phi) is 7.04. The lowest BCUT2D eigenvalue weighted by Crippen LogP contribution is -2.25. The largest absolute Gasteiger partial charge is 0.481 e. The minimum absolute atomic E-state index is 0.151. The summed E-state index contributed by atoms with van der Waals surface area (Å²) in [7, 11) is 0.513. The fourth-order valence-corrected chi connectivity index (χ4v) is 5.47. The van der Waals surface area contributed by atoms with Crippen molar-refractivity contribution >= 4 is 43.8 Å². The summed E-state index contributed by atoms with van der Waals surface area (Å²) in [5.74, 6) is -0.704. The maximum absolute atomic E-state index is 15.3. The Balaban J connectivity index is 1.61. The number of methoxy groups -OCH3 is 1. The molecule has 1 amide bonds. The molecule has 0 spiro atoms. The fourth-order valence-electron chi connectivity index (χ4n) is 4.97.